The van der Waals surface area contributed by atoms with Crippen molar-refractivity contribution >= 4 is 11.9 Å². The average Bonchev–Trinajstić information content (AvgIpc) is 2.56. The maximum atomic E-state index is 11.3. The summed E-state index contributed by atoms with van der Waals surface area (Å²) < 4.78 is 6.84. The highest BCUT2D eigenvalue weighted by molar-refractivity contribution is 5.67. The number of aryl methyl sites for hydroxylation is 1. The van der Waals surface area contributed by atoms with Crippen molar-refractivity contribution in [2.75, 3.05) is 12.3 Å². The Kier molecular flexibility index (Phi) is 4.37. The van der Waals surface area contributed by atoms with Crippen LogP contribution in [-0.2, 0) is 11.3 Å². The van der Waals surface area contributed by atoms with Gasteiger partial charge in [0, 0.05) is 19.3 Å². The number of rotatable bonds is 4. The van der Waals surface area contributed by atoms with E-state index in [1.807, 2.05) is 27.0 Å². The number of nitrogens with two attached hydrogens (primary N) is 1. The number of carbonyl (C=O) groups is 1. The predicted octanol–water partition coefficient (Wildman–Crippen LogP) is 1.38. The van der Waals surface area contributed by atoms with Crippen LogP contribution in [0.2, 0.25) is 0 Å². The maximum Gasteiger partial charge on any atom is 0.407 e. The normalized spacial score (nSPS) is 11.2. The van der Waals surface area contributed by atoms with Gasteiger partial charge in [-0.3, -0.25) is 4.68 Å². The number of aromatic nitrogens is 2. The molecule has 1 amide bonds. The first-order valence-corrected chi connectivity index (χ1v) is 5.62. The molecule has 17 heavy (non-hydrogen) atoms. The summed E-state index contributed by atoms with van der Waals surface area (Å²) in [6.07, 6.45) is 2.20. The van der Waals surface area contributed by atoms with Crippen LogP contribution in [-0.4, -0.2) is 28.0 Å². The molecular formula is C11H20N4O2. The Labute approximate surface area is 101 Å². The molecule has 1 heterocycles. The van der Waals surface area contributed by atoms with Crippen LogP contribution in [0.3, 0.4) is 0 Å². The molecule has 96 valence electrons. The largest absolute Gasteiger partial charge is 0.444 e. The van der Waals surface area contributed by atoms with E-state index < -0.39 is 11.7 Å². The van der Waals surface area contributed by atoms with Crippen LogP contribution >= 0.6 is 0 Å². The van der Waals surface area contributed by atoms with Crippen LogP contribution < -0.4 is 11.1 Å². The van der Waals surface area contributed by atoms with Gasteiger partial charge in [0.15, 0.2) is 0 Å². The molecule has 1 aromatic rings. The first-order chi connectivity index (χ1) is 7.87. The van der Waals surface area contributed by atoms with Crippen molar-refractivity contribution in [2.24, 2.45) is 0 Å². The SMILES string of the molecule is CC(C)(C)OC(=O)NCCCn1ccc(N)n1. The highest BCUT2D eigenvalue weighted by Crippen LogP contribution is 2.06. The number of nitrogen functional groups attached to an aromatic ring is 1. The second kappa shape index (κ2) is 5.56. The van der Waals surface area contributed by atoms with E-state index in [1.54, 1.807) is 10.7 Å². The van der Waals surface area contributed by atoms with Gasteiger partial charge in [-0.05, 0) is 33.3 Å². The molecule has 0 aliphatic rings. The van der Waals surface area contributed by atoms with E-state index in [0.29, 0.717) is 18.9 Å². The van der Waals surface area contributed by atoms with Crippen LogP contribution in [0, 0.1) is 0 Å². The molecule has 0 saturated heterocycles. The summed E-state index contributed by atoms with van der Waals surface area (Å²) in [4.78, 5) is 11.3. The molecule has 0 bridgehead atoms. The lowest BCUT2D eigenvalue weighted by atomic mass is 10.2. The zero-order valence-electron chi connectivity index (χ0n) is 10.6. The molecule has 0 radical (unpaired) electrons. The quantitative estimate of drug-likeness (QED) is 0.779. The van der Waals surface area contributed by atoms with Crippen LogP contribution in [0.4, 0.5) is 10.6 Å². The first-order valence-electron chi connectivity index (χ1n) is 5.62. The monoisotopic (exact) mass is 240 g/mol. The highest BCUT2D eigenvalue weighted by atomic mass is 16.6. The van der Waals surface area contributed by atoms with Crippen molar-refractivity contribution in [1.29, 1.82) is 0 Å². The number of nitrogens with one attached hydrogen (secondary N) is 1. The van der Waals surface area contributed by atoms with Crippen molar-refractivity contribution in [3.05, 3.63) is 12.3 Å². The van der Waals surface area contributed by atoms with E-state index >= 15 is 0 Å². The van der Waals surface area contributed by atoms with Crippen LogP contribution in [0.1, 0.15) is 27.2 Å². The van der Waals surface area contributed by atoms with Gasteiger partial charge in [-0.2, -0.15) is 5.10 Å². The van der Waals surface area contributed by atoms with Gasteiger partial charge in [-0.1, -0.05) is 0 Å². The molecule has 0 atom stereocenters. The maximum absolute atomic E-state index is 11.3. The summed E-state index contributed by atoms with van der Waals surface area (Å²) in [6, 6.07) is 1.74. The van der Waals surface area contributed by atoms with Crippen molar-refractivity contribution in [1.82, 2.24) is 15.1 Å². The molecule has 1 aromatic heterocycles. The second-order valence-corrected chi connectivity index (χ2v) is 4.79. The van der Waals surface area contributed by atoms with E-state index in [1.165, 1.54) is 0 Å². The number of hydrogen-bond acceptors (Lipinski definition) is 4. The Morgan fingerprint density at radius 1 is 1.59 bits per heavy atom. The molecule has 6 heteroatoms. The smallest absolute Gasteiger partial charge is 0.407 e. The molecule has 0 aliphatic carbocycles. The van der Waals surface area contributed by atoms with E-state index in [4.69, 9.17) is 10.5 Å². The first kappa shape index (κ1) is 13.3. The van der Waals surface area contributed by atoms with Gasteiger partial charge in [-0.25, -0.2) is 4.79 Å². The highest BCUT2D eigenvalue weighted by Gasteiger charge is 2.15. The van der Waals surface area contributed by atoms with Gasteiger partial charge in [0.05, 0.1) is 0 Å². The third kappa shape index (κ3) is 5.79. The average molecular weight is 240 g/mol. The van der Waals surface area contributed by atoms with Crippen LogP contribution in [0.15, 0.2) is 12.3 Å². The zero-order chi connectivity index (χ0) is 12.9. The fourth-order valence-electron chi connectivity index (χ4n) is 1.25. The Morgan fingerprint density at radius 2 is 2.29 bits per heavy atom. The third-order valence-electron chi connectivity index (χ3n) is 1.89. The number of carbonyl (C=O) groups excluding carboxylic acids is 1. The molecule has 0 fully saturated rings. The molecule has 1 rings (SSSR count). The second-order valence-electron chi connectivity index (χ2n) is 4.79. The summed E-state index contributed by atoms with van der Waals surface area (Å²) in [6.45, 7) is 6.76. The Morgan fingerprint density at radius 3 is 2.82 bits per heavy atom. The van der Waals surface area contributed by atoms with Crippen molar-refractivity contribution in [3.63, 3.8) is 0 Å². The summed E-state index contributed by atoms with van der Waals surface area (Å²) in [5.41, 5.74) is 5.02. The van der Waals surface area contributed by atoms with Gasteiger partial charge in [0.2, 0.25) is 0 Å². The predicted molar refractivity (Wildman–Crippen MR) is 65.5 cm³/mol. The molecule has 0 spiro atoms. The van der Waals surface area contributed by atoms with Crippen molar-refractivity contribution in [2.45, 2.75) is 39.3 Å². The lowest BCUT2D eigenvalue weighted by Gasteiger charge is -2.19. The van der Waals surface area contributed by atoms with Crippen LogP contribution in [0.5, 0.6) is 0 Å². The summed E-state index contributed by atoms with van der Waals surface area (Å²) in [7, 11) is 0. The lowest BCUT2D eigenvalue weighted by Crippen LogP contribution is -2.33. The van der Waals surface area contributed by atoms with Gasteiger partial charge >= 0.3 is 6.09 Å². The van der Waals surface area contributed by atoms with Gasteiger partial charge < -0.3 is 15.8 Å². The molecule has 6 nitrogen and oxygen atoms in total. The van der Waals surface area contributed by atoms with E-state index in [0.717, 1.165) is 6.42 Å². The topological polar surface area (TPSA) is 82.2 Å². The van der Waals surface area contributed by atoms with Crippen molar-refractivity contribution < 1.29 is 9.53 Å². The summed E-state index contributed by atoms with van der Waals surface area (Å²) >= 11 is 0. The minimum absolute atomic E-state index is 0.391. The Hall–Kier alpha value is -1.72. The molecule has 0 saturated carbocycles. The fourth-order valence-corrected chi connectivity index (χ4v) is 1.25. The Bertz CT molecular complexity index is 368. The fraction of sp³-hybridized carbons (Fsp3) is 0.636. The molecule has 3 N–H and O–H groups in total. The Balaban J connectivity index is 2.14. The van der Waals surface area contributed by atoms with Gasteiger partial charge in [-0.15, -0.1) is 0 Å². The minimum atomic E-state index is -0.458. The third-order valence-corrected chi connectivity index (χ3v) is 1.89. The van der Waals surface area contributed by atoms with Crippen LogP contribution in [0.25, 0.3) is 0 Å². The number of anilines is 1. The standard InChI is InChI=1S/C11H20N4O2/c1-11(2,3)17-10(16)13-6-4-7-15-8-5-9(12)14-15/h5,8H,4,6-7H2,1-3H3,(H2,12,14)(H,13,16). The minimum Gasteiger partial charge on any atom is -0.444 e. The molecular weight excluding hydrogens is 220 g/mol. The molecule has 0 aromatic carbocycles. The van der Waals surface area contributed by atoms with Gasteiger partial charge in [0.25, 0.3) is 0 Å². The van der Waals surface area contributed by atoms with Gasteiger partial charge in [0.1, 0.15) is 11.4 Å². The number of alkyl carbamates (subject to hydrolysis) is 1. The lowest BCUT2D eigenvalue weighted by molar-refractivity contribution is 0.0526. The van der Waals surface area contributed by atoms with E-state index in [9.17, 15) is 4.79 Å². The number of nitrogens with zero attached hydrogens (tertiary/aromatic N) is 2. The van der Waals surface area contributed by atoms with Crippen molar-refractivity contribution in [3.8, 4) is 0 Å². The summed E-state index contributed by atoms with van der Waals surface area (Å²) in [5.74, 6) is 0.505. The van der Waals surface area contributed by atoms with E-state index in [2.05, 4.69) is 10.4 Å². The molecule has 0 unspecified atom stereocenters. The number of hydrogen-bond donors (Lipinski definition) is 2. The number of ether oxygens (including phenoxy) is 1. The molecule has 0 aliphatic heterocycles. The number of amides is 1. The summed E-state index contributed by atoms with van der Waals surface area (Å²) in [5, 5.41) is 6.72. The zero-order valence-corrected chi connectivity index (χ0v) is 10.6. The van der Waals surface area contributed by atoms with E-state index in [-0.39, 0.29) is 0 Å².